The van der Waals surface area contributed by atoms with Crippen molar-refractivity contribution in [2.45, 2.75) is 78.7 Å². The number of hydrogen-bond donors (Lipinski definition) is 2. The highest BCUT2D eigenvalue weighted by atomic mass is 19.3. The quantitative estimate of drug-likeness (QED) is 0.0697. The van der Waals surface area contributed by atoms with Crippen molar-refractivity contribution < 1.29 is 31.9 Å². The Bertz CT molecular complexity index is 1740. The van der Waals surface area contributed by atoms with Gasteiger partial charge in [0.15, 0.2) is 23.2 Å². The molecule has 0 atom stereocenters. The van der Waals surface area contributed by atoms with E-state index in [4.69, 9.17) is 5.41 Å². The van der Waals surface area contributed by atoms with Gasteiger partial charge in [-0.05, 0) is 81.8 Å². The third-order valence-corrected chi connectivity index (χ3v) is 7.95. The Balaban J connectivity index is 1.44. The van der Waals surface area contributed by atoms with Crippen LogP contribution in [0, 0.1) is 17.0 Å². The van der Waals surface area contributed by atoms with E-state index in [0.29, 0.717) is 67.0 Å². The highest BCUT2D eigenvalue weighted by Crippen LogP contribution is 2.34. The zero-order valence-corrected chi connectivity index (χ0v) is 26.6. The average molecular weight is 651 g/mol. The molecule has 0 saturated heterocycles. The van der Waals surface area contributed by atoms with Gasteiger partial charge in [0.1, 0.15) is 5.78 Å². The van der Waals surface area contributed by atoms with Crippen LogP contribution in [0.4, 0.5) is 23.2 Å². The molecule has 0 spiro atoms. The fourth-order valence-electron chi connectivity index (χ4n) is 5.25. The number of ketones is 2. The van der Waals surface area contributed by atoms with Crippen LogP contribution < -0.4 is 10.1 Å². The van der Waals surface area contributed by atoms with E-state index in [1.54, 1.807) is 29.0 Å². The van der Waals surface area contributed by atoms with E-state index < -0.39 is 24.0 Å². The lowest BCUT2D eigenvalue weighted by Gasteiger charge is -2.15. The molecule has 2 aromatic carbocycles. The second-order valence-electron chi connectivity index (χ2n) is 11.3. The third-order valence-electron chi connectivity index (χ3n) is 7.95. The van der Waals surface area contributed by atoms with E-state index in [9.17, 15) is 27.2 Å². The first-order valence-corrected chi connectivity index (χ1v) is 15.5. The molecule has 11 heteroatoms. The van der Waals surface area contributed by atoms with Crippen molar-refractivity contribution in [3.8, 4) is 17.0 Å². The number of anilines is 1. The van der Waals surface area contributed by atoms with E-state index >= 15 is 0 Å². The number of carbonyl (C=O) groups is 2. The molecule has 0 fully saturated rings. The number of halogens is 4. The van der Waals surface area contributed by atoms with Crippen molar-refractivity contribution in [2.24, 2.45) is 0 Å². The lowest BCUT2D eigenvalue weighted by molar-refractivity contribution is -0.119. The van der Waals surface area contributed by atoms with Gasteiger partial charge in [-0.1, -0.05) is 30.7 Å². The van der Waals surface area contributed by atoms with Crippen LogP contribution in [0.2, 0.25) is 0 Å². The van der Waals surface area contributed by atoms with Gasteiger partial charge in [-0.3, -0.25) is 14.2 Å². The first-order valence-electron chi connectivity index (χ1n) is 15.5. The van der Waals surface area contributed by atoms with E-state index in [2.05, 4.69) is 15.0 Å². The minimum atomic E-state index is -3.30. The van der Waals surface area contributed by atoms with Crippen LogP contribution in [-0.2, 0) is 11.2 Å². The molecule has 1 aromatic heterocycles. The number of fused-ring (bicyclic) bond motifs is 1. The summed E-state index contributed by atoms with van der Waals surface area (Å²) >= 11 is 0. The summed E-state index contributed by atoms with van der Waals surface area (Å²) in [6.45, 7) is 2.58. The lowest BCUT2D eigenvalue weighted by Crippen LogP contribution is -2.11. The summed E-state index contributed by atoms with van der Waals surface area (Å²) in [5, 5.41) is 11.6. The number of nitrogens with one attached hydrogen (secondary N) is 2. The standard InChI is InChI=1S/C36H38F4N4O3/c1-4-22(3)12-14-26(45)10-8-9-24(41)20-31(46)27-15-13-25(19-23(27)5-2)43-29-11-6-7-18-44-30(21-42-35(29)44)28-16-17-32(47-36(39)40)34(38)33(28)37/h4,7,11,13,15-19,21,36,41,43H,5-6,8-10,12,14,20H2,1-3H3/b22-4+,41-24?. The molecular weight excluding hydrogens is 612 g/mol. The van der Waals surface area contributed by atoms with Gasteiger partial charge in [-0.15, -0.1) is 0 Å². The van der Waals surface area contributed by atoms with Crippen molar-refractivity contribution in [1.82, 2.24) is 9.55 Å². The molecule has 0 unspecified atom stereocenters. The zero-order valence-electron chi connectivity index (χ0n) is 26.6. The average Bonchev–Trinajstić information content (AvgIpc) is 3.36. The minimum absolute atomic E-state index is 0.0188. The van der Waals surface area contributed by atoms with Crippen molar-refractivity contribution in [3.05, 3.63) is 88.9 Å². The molecule has 0 radical (unpaired) electrons. The molecule has 1 aliphatic rings. The molecule has 0 saturated carbocycles. The number of hydrogen-bond acceptors (Lipinski definition) is 6. The van der Waals surface area contributed by atoms with Crippen LogP contribution in [0.5, 0.6) is 5.75 Å². The number of aromatic nitrogens is 2. The smallest absolute Gasteiger partial charge is 0.387 e. The normalized spacial score (nSPS) is 12.9. The number of ether oxygens (including phenoxy) is 1. The Morgan fingerprint density at radius 3 is 2.62 bits per heavy atom. The molecule has 7 nitrogen and oxygen atoms in total. The van der Waals surface area contributed by atoms with Crippen molar-refractivity contribution >= 4 is 34.9 Å². The molecule has 0 amide bonds. The fraction of sp³-hybridized carbons (Fsp3) is 0.333. The molecule has 0 aliphatic carbocycles. The van der Waals surface area contributed by atoms with Gasteiger partial charge in [-0.2, -0.15) is 13.2 Å². The van der Waals surface area contributed by atoms with Crippen LogP contribution >= 0.6 is 0 Å². The zero-order chi connectivity index (χ0) is 34.1. The maximum absolute atomic E-state index is 15.0. The number of nitrogens with zero attached hydrogens (tertiary/aromatic N) is 2. The van der Waals surface area contributed by atoms with E-state index in [-0.39, 0.29) is 29.2 Å². The van der Waals surface area contributed by atoms with Crippen LogP contribution in [0.25, 0.3) is 23.2 Å². The monoisotopic (exact) mass is 650 g/mol. The summed E-state index contributed by atoms with van der Waals surface area (Å²) in [5.74, 6) is -3.35. The number of Topliss-reactive ketones (excluding diaryl/α,β-unsaturated/α-hetero) is 2. The highest BCUT2D eigenvalue weighted by Gasteiger charge is 2.23. The molecule has 248 valence electrons. The first kappa shape index (κ1) is 35.1. The maximum Gasteiger partial charge on any atom is 0.387 e. The van der Waals surface area contributed by atoms with Gasteiger partial charge < -0.3 is 15.5 Å². The van der Waals surface area contributed by atoms with Crippen LogP contribution in [0.3, 0.4) is 0 Å². The molecule has 2 N–H and O–H groups in total. The van der Waals surface area contributed by atoms with Gasteiger partial charge >= 0.3 is 6.61 Å². The Kier molecular flexibility index (Phi) is 12.1. The Hall–Kier alpha value is -4.80. The maximum atomic E-state index is 15.0. The predicted molar refractivity (Wildman–Crippen MR) is 176 cm³/mol. The molecule has 3 aromatic rings. The minimum Gasteiger partial charge on any atom is -0.432 e. The summed E-state index contributed by atoms with van der Waals surface area (Å²) < 4.78 is 60.3. The number of imidazole rings is 1. The number of allylic oxidation sites excluding steroid dienone is 4. The van der Waals surface area contributed by atoms with Gasteiger partial charge in [0.25, 0.3) is 0 Å². The van der Waals surface area contributed by atoms with Gasteiger partial charge in [-0.25, -0.2) is 9.37 Å². The van der Waals surface area contributed by atoms with Gasteiger partial charge in [0.2, 0.25) is 5.82 Å². The van der Waals surface area contributed by atoms with Crippen LogP contribution in [0.1, 0.15) is 87.5 Å². The summed E-state index contributed by atoms with van der Waals surface area (Å²) in [4.78, 5) is 29.7. The van der Waals surface area contributed by atoms with Gasteiger partial charge in [0, 0.05) is 48.0 Å². The number of benzene rings is 2. The topological polar surface area (TPSA) is 97.1 Å². The molecule has 47 heavy (non-hydrogen) atoms. The summed E-state index contributed by atoms with van der Waals surface area (Å²) in [7, 11) is 0. The van der Waals surface area contributed by atoms with E-state index in [1.165, 1.54) is 11.8 Å². The SMILES string of the molecule is C/C=C(\C)CCC(=O)CCCC(=N)CC(=O)c1ccc(NC2=CCC=Cn3c(-c4ccc(OC(F)F)c(F)c4F)cnc32)cc1CC. The van der Waals surface area contributed by atoms with Crippen molar-refractivity contribution in [3.63, 3.8) is 0 Å². The molecular formula is C36H38F4N4O3. The Labute approximate surface area is 271 Å². The summed E-state index contributed by atoms with van der Waals surface area (Å²) in [5.41, 5.74) is 4.07. The number of aryl methyl sites for hydroxylation is 1. The van der Waals surface area contributed by atoms with Crippen LogP contribution in [-0.4, -0.2) is 33.4 Å². The van der Waals surface area contributed by atoms with Gasteiger partial charge in [0.05, 0.1) is 17.6 Å². The van der Waals surface area contributed by atoms with Crippen molar-refractivity contribution in [2.75, 3.05) is 5.32 Å². The second-order valence-corrected chi connectivity index (χ2v) is 11.3. The van der Waals surface area contributed by atoms with Crippen molar-refractivity contribution in [1.29, 1.82) is 5.41 Å². The predicted octanol–water partition coefficient (Wildman–Crippen LogP) is 9.40. The number of carbonyl (C=O) groups excluding carboxylic acids is 2. The Morgan fingerprint density at radius 2 is 1.89 bits per heavy atom. The fourth-order valence-corrected chi connectivity index (χ4v) is 5.25. The molecule has 2 heterocycles. The Morgan fingerprint density at radius 1 is 1.11 bits per heavy atom. The molecule has 4 rings (SSSR count). The highest BCUT2D eigenvalue weighted by molar-refractivity contribution is 6.09. The van der Waals surface area contributed by atoms with Crippen LogP contribution in [0.15, 0.2) is 60.3 Å². The third kappa shape index (κ3) is 8.93. The first-order chi connectivity index (χ1) is 22.5. The second kappa shape index (κ2) is 16.2. The summed E-state index contributed by atoms with van der Waals surface area (Å²) in [6.07, 6.45) is 12.3. The van der Waals surface area contributed by atoms with E-state index in [1.807, 2.05) is 39.0 Å². The summed E-state index contributed by atoms with van der Waals surface area (Å²) in [6, 6.07) is 7.43. The largest absolute Gasteiger partial charge is 0.432 e. The molecule has 0 bridgehead atoms. The number of rotatable bonds is 16. The van der Waals surface area contributed by atoms with E-state index in [0.717, 1.165) is 24.1 Å². The lowest BCUT2D eigenvalue weighted by atomic mass is 9.96. The molecule has 1 aliphatic heterocycles. The number of alkyl halides is 2.